The highest BCUT2D eigenvalue weighted by atomic mass is 16.1. The van der Waals surface area contributed by atoms with E-state index in [9.17, 15) is 4.79 Å². The molecule has 0 bridgehead atoms. The molecule has 3 aliphatic rings. The molecule has 2 aliphatic carbocycles. The first-order valence-corrected chi connectivity index (χ1v) is 10.3. The summed E-state index contributed by atoms with van der Waals surface area (Å²) in [4.78, 5) is 14.4. The third kappa shape index (κ3) is 3.36. The monoisotopic (exact) mass is 344 g/mol. The average molecular weight is 345 g/mol. The van der Waals surface area contributed by atoms with Gasteiger partial charge in [-0.05, 0) is 56.3 Å². The summed E-state index contributed by atoms with van der Waals surface area (Å²) < 4.78 is 0. The Balaban J connectivity index is 0.00000131. The van der Waals surface area contributed by atoms with Crippen LogP contribution in [0.15, 0.2) is 24.3 Å². The Morgan fingerprint density at radius 1 is 1.12 bits per heavy atom. The van der Waals surface area contributed by atoms with E-state index in [4.69, 9.17) is 0 Å². The number of amides is 1. The number of benzene rings is 1. The lowest BCUT2D eigenvalue weighted by Gasteiger charge is -2.43. The van der Waals surface area contributed by atoms with E-state index in [1.165, 1.54) is 75.6 Å². The second kappa shape index (κ2) is 7.11. The zero-order valence-electron chi connectivity index (χ0n) is 15.6. The van der Waals surface area contributed by atoms with Crippen molar-refractivity contribution >= 4 is 5.91 Å². The van der Waals surface area contributed by atoms with Gasteiger partial charge in [0.1, 0.15) is 0 Å². The SMILES string of the molecule is CC(=O)NC1CC2(CCN(C3CCCCCC3)CC2)c2ccccc21.[HH].[HH]. The molecule has 25 heavy (non-hydrogen) atoms. The van der Waals surface area contributed by atoms with Gasteiger partial charge in [-0.25, -0.2) is 0 Å². The zero-order valence-corrected chi connectivity index (χ0v) is 15.6. The number of hydrogen-bond acceptors (Lipinski definition) is 2. The first kappa shape index (κ1) is 17.1. The smallest absolute Gasteiger partial charge is 0.217 e. The number of hydrogen-bond donors (Lipinski definition) is 1. The van der Waals surface area contributed by atoms with Gasteiger partial charge in [0.25, 0.3) is 0 Å². The summed E-state index contributed by atoms with van der Waals surface area (Å²) >= 11 is 0. The molecule has 140 valence electrons. The van der Waals surface area contributed by atoms with Crippen LogP contribution in [0.3, 0.4) is 0 Å². The number of carbonyl (C=O) groups is 1. The summed E-state index contributed by atoms with van der Waals surface area (Å²) in [5.41, 5.74) is 3.15. The van der Waals surface area contributed by atoms with Crippen molar-refractivity contribution < 1.29 is 7.65 Å². The Kier molecular flexibility index (Phi) is 4.86. The Hall–Kier alpha value is -1.35. The van der Waals surface area contributed by atoms with E-state index in [2.05, 4.69) is 34.5 Å². The first-order valence-electron chi connectivity index (χ1n) is 10.3. The normalized spacial score (nSPS) is 27.0. The highest BCUT2D eigenvalue weighted by Crippen LogP contribution is 2.51. The van der Waals surface area contributed by atoms with Crippen LogP contribution >= 0.6 is 0 Å². The third-order valence-electron chi connectivity index (χ3n) is 6.98. The minimum Gasteiger partial charge on any atom is -0.349 e. The molecule has 4 rings (SSSR count). The van der Waals surface area contributed by atoms with E-state index >= 15 is 0 Å². The van der Waals surface area contributed by atoms with E-state index < -0.39 is 0 Å². The van der Waals surface area contributed by atoms with Crippen molar-refractivity contribution in [3.8, 4) is 0 Å². The van der Waals surface area contributed by atoms with Crippen LogP contribution in [0.4, 0.5) is 0 Å². The van der Waals surface area contributed by atoms with Crippen LogP contribution in [0.2, 0.25) is 0 Å². The fourth-order valence-electron chi connectivity index (χ4n) is 5.68. The quantitative estimate of drug-likeness (QED) is 0.780. The standard InChI is InChI=1S/C22H32N2O.2H2/c1-17(25)23-21-16-22(20-11-7-6-10-19(20)21)12-14-24(15-13-22)18-8-4-2-3-5-9-18;;/h6-7,10-11,18,21H,2-5,8-9,12-16H2,1H3,(H,23,25);2*1H. The largest absolute Gasteiger partial charge is 0.349 e. The van der Waals surface area contributed by atoms with Crippen molar-refractivity contribution in [3.05, 3.63) is 35.4 Å². The summed E-state index contributed by atoms with van der Waals surface area (Å²) in [6.45, 7) is 4.10. The van der Waals surface area contributed by atoms with Gasteiger partial charge < -0.3 is 10.2 Å². The second-order valence-electron chi connectivity index (χ2n) is 8.51. The van der Waals surface area contributed by atoms with E-state index in [1.807, 2.05) is 0 Å². The predicted octanol–water partition coefficient (Wildman–Crippen LogP) is 4.82. The highest BCUT2D eigenvalue weighted by Gasteiger charge is 2.46. The van der Waals surface area contributed by atoms with Crippen molar-refractivity contribution in [2.24, 2.45) is 0 Å². The Bertz CT molecular complexity index is 620. The summed E-state index contributed by atoms with van der Waals surface area (Å²) in [6.07, 6.45) is 12.1. The van der Waals surface area contributed by atoms with Gasteiger partial charge in [0, 0.05) is 21.2 Å². The van der Waals surface area contributed by atoms with Crippen LogP contribution in [0, 0.1) is 0 Å². The molecule has 2 fully saturated rings. The third-order valence-corrected chi connectivity index (χ3v) is 6.98. The summed E-state index contributed by atoms with van der Waals surface area (Å²) in [7, 11) is 0. The van der Waals surface area contributed by atoms with Crippen molar-refractivity contribution in [2.75, 3.05) is 13.1 Å². The molecule has 3 nitrogen and oxygen atoms in total. The molecule has 1 unspecified atom stereocenters. The fourth-order valence-corrected chi connectivity index (χ4v) is 5.68. The van der Waals surface area contributed by atoms with Crippen LogP contribution in [0.25, 0.3) is 0 Å². The van der Waals surface area contributed by atoms with E-state index in [0.29, 0.717) is 0 Å². The van der Waals surface area contributed by atoms with Gasteiger partial charge in [0.15, 0.2) is 0 Å². The van der Waals surface area contributed by atoms with Gasteiger partial charge in [-0.15, -0.1) is 0 Å². The van der Waals surface area contributed by atoms with Crippen LogP contribution in [0.5, 0.6) is 0 Å². The van der Waals surface area contributed by atoms with Gasteiger partial charge in [-0.2, -0.15) is 0 Å². The van der Waals surface area contributed by atoms with Gasteiger partial charge in [0.05, 0.1) is 6.04 Å². The maximum Gasteiger partial charge on any atom is 0.217 e. The lowest BCUT2D eigenvalue weighted by atomic mass is 9.73. The molecular formula is C22H36N2O. The minimum absolute atomic E-state index is 0. The minimum atomic E-state index is 0. The summed E-state index contributed by atoms with van der Waals surface area (Å²) in [5.74, 6) is 0.0905. The maximum atomic E-state index is 11.7. The van der Waals surface area contributed by atoms with Gasteiger partial charge >= 0.3 is 0 Å². The molecule has 1 spiro atoms. The Labute approximate surface area is 155 Å². The lowest BCUT2D eigenvalue weighted by molar-refractivity contribution is -0.119. The van der Waals surface area contributed by atoms with E-state index in [0.717, 1.165) is 12.5 Å². The van der Waals surface area contributed by atoms with Gasteiger partial charge in [-0.1, -0.05) is 49.9 Å². The van der Waals surface area contributed by atoms with Crippen molar-refractivity contribution in [1.29, 1.82) is 0 Å². The van der Waals surface area contributed by atoms with Crippen LogP contribution in [-0.4, -0.2) is 29.9 Å². The summed E-state index contributed by atoms with van der Waals surface area (Å²) in [6, 6.07) is 9.86. The highest BCUT2D eigenvalue weighted by molar-refractivity contribution is 5.73. The Morgan fingerprint density at radius 2 is 1.80 bits per heavy atom. The maximum absolute atomic E-state index is 11.7. The number of fused-ring (bicyclic) bond motifs is 2. The topological polar surface area (TPSA) is 32.3 Å². The number of rotatable bonds is 2. The molecule has 0 aromatic heterocycles. The molecule has 1 aliphatic heterocycles. The first-order chi connectivity index (χ1) is 12.2. The van der Waals surface area contributed by atoms with Crippen LogP contribution < -0.4 is 5.32 Å². The van der Waals surface area contributed by atoms with E-state index in [1.54, 1.807) is 6.92 Å². The van der Waals surface area contributed by atoms with Crippen molar-refractivity contribution in [1.82, 2.24) is 10.2 Å². The van der Waals surface area contributed by atoms with E-state index in [-0.39, 0.29) is 20.2 Å². The lowest BCUT2D eigenvalue weighted by Crippen LogP contribution is -2.46. The fraction of sp³-hybridized carbons (Fsp3) is 0.682. The molecule has 1 amide bonds. The zero-order chi connectivity index (χ0) is 17.3. The van der Waals surface area contributed by atoms with Crippen LogP contribution in [0.1, 0.15) is 84.7 Å². The molecule has 1 atom stereocenters. The number of carbonyl (C=O) groups excluding carboxylic acids is 1. The number of nitrogens with zero attached hydrogens (tertiary/aromatic N) is 1. The predicted molar refractivity (Wildman–Crippen MR) is 106 cm³/mol. The molecule has 1 saturated carbocycles. The number of likely N-dealkylation sites (tertiary alicyclic amines) is 1. The number of nitrogens with one attached hydrogen (secondary N) is 1. The van der Waals surface area contributed by atoms with Crippen LogP contribution in [-0.2, 0) is 10.2 Å². The average Bonchev–Trinajstić information content (AvgIpc) is 2.80. The molecule has 1 saturated heterocycles. The van der Waals surface area contributed by atoms with Crippen molar-refractivity contribution in [2.45, 2.75) is 82.2 Å². The molecule has 1 N–H and O–H groups in total. The Morgan fingerprint density at radius 3 is 2.48 bits per heavy atom. The molecular weight excluding hydrogens is 308 g/mol. The second-order valence-corrected chi connectivity index (χ2v) is 8.51. The van der Waals surface area contributed by atoms with Crippen molar-refractivity contribution in [3.63, 3.8) is 0 Å². The van der Waals surface area contributed by atoms with Gasteiger partial charge in [0.2, 0.25) is 5.91 Å². The molecule has 1 aromatic carbocycles. The molecule has 1 aromatic rings. The molecule has 1 heterocycles. The number of piperidine rings is 1. The summed E-state index contributed by atoms with van der Waals surface area (Å²) in [5, 5.41) is 3.20. The molecule has 0 radical (unpaired) electrons. The van der Waals surface area contributed by atoms with Gasteiger partial charge in [-0.3, -0.25) is 4.79 Å². The molecule has 3 heteroatoms.